The SMILES string of the molecule is CC(C)Cn1cc(C(C)CNS(=O)(=O)C(C)C)c2ccc(-c3ccncc3)cc21. The van der Waals surface area contributed by atoms with E-state index in [0.717, 1.165) is 17.7 Å². The third-order valence-corrected chi connectivity index (χ3v) is 7.04. The van der Waals surface area contributed by atoms with E-state index < -0.39 is 15.3 Å². The molecule has 2 aromatic heterocycles. The van der Waals surface area contributed by atoms with Crippen LogP contribution in [-0.4, -0.2) is 29.8 Å². The molecule has 3 rings (SSSR count). The molecule has 1 unspecified atom stereocenters. The number of benzene rings is 1. The third kappa shape index (κ3) is 4.87. The lowest BCUT2D eigenvalue weighted by molar-refractivity contribution is 0.533. The molecule has 5 nitrogen and oxygen atoms in total. The van der Waals surface area contributed by atoms with Crippen LogP contribution >= 0.6 is 0 Å². The molecule has 2 heterocycles. The molecule has 0 saturated heterocycles. The van der Waals surface area contributed by atoms with Gasteiger partial charge in [-0.05, 0) is 60.6 Å². The number of pyridine rings is 1. The second kappa shape index (κ2) is 8.67. The van der Waals surface area contributed by atoms with E-state index in [2.05, 4.69) is 59.4 Å². The smallest absolute Gasteiger partial charge is 0.213 e. The Morgan fingerprint density at radius 2 is 1.69 bits per heavy atom. The number of sulfonamides is 1. The third-order valence-electron chi connectivity index (χ3n) is 5.23. The van der Waals surface area contributed by atoms with Gasteiger partial charge in [-0.2, -0.15) is 0 Å². The molecule has 1 N–H and O–H groups in total. The van der Waals surface area contributed by atoms with Crippen LogP contribution < -0.4 is 4.72 Å². The van der Waals surface area contributed by atoms with Crippen molar-refractivity contribution in [3.05, 3.63) is 54.5 Å². The molecule has 1 atom stereocenters. The molecular formula is C23H31N3O2S. The Bertz CT molecular complexity index is 1070. The van der Waals surface area contributed by atoms with Crippen molar-refractivity contribution in [3.63, 3.8) is 0 Å². The van der Waals surface area contributed by atoms with Gasteiger partial charge in [0, 0.05) is 42.6 Å². The van der Waals surface area contributed by atoms with E-state index >= 15 is 0 Å². The Kier molecular flexibility index (Phi) is 6.44. The molecule has 1 aromatic carbocycles. The highest BCUT2D eigenvalue weighted by molar-refractivity contribution is 7.90. The predicted octanol–water partition coefficient (Wildman–Crippen LogP) is 4.79. The van der Waals surface area contributed by atoms with Crippen LogP contribution in [0, 0.1) is 5.92 Å². The molecule has 0 aliphatic rings. The van der Waals surface area contributed by atoms with Crippen molar-refractivity contribution in [2.24, 2.45) is 5.92 Å². The van der Waals surface area contributed by atoms with Gasteiger partial charge in [0.25, 0.3) is 0 Å². The van der Waals surface area contributed by atoms with Gasteiger partial charge in [0.05, 0.1) is 5.25 Å². The number of nitrogens with one attached hydrogen (secondary N) is 1. The van der Waals surface area contributed by atoms with Crippen molar-refractivity contribution in [3.8, 4) is 11.1 Å². The zero-order valence-corrected chi connectivity index (χ0v) is 18.7. The fourth-order valence-electron chi connectivity index (χ4n) is 3.50. The van der Waals surface area contributed by atoms with Crippen molar-refractivity contribution < 1.29 is 8.42 Å². The summed E-state index contributed by atoms with van der Waals surface area (Å²) in [6.45, 7) is 11.2. The van der Waals surface area contributed by atoms with Gasteiger partial charge in [-0.25, -0.2) is 13.1 Å². The molecule has 3 aromatic rings. The first-order valence-electron chi connectivity index (χ1n) is 10.2. The van der Waals surface area contributed by atoms with E-state index in [1.165, 1.54) is 16.5 Å². The van der Waals surface area contributed by atoms with E-state index in [4.69, 9.17) is 0 Å². The van der Waals surface area contributed by atoms with Crippen LogP contribution in [0.5, 0.6) is 0 Å². The Morgan fingerprint density at radius 3 is 2.31 bits per heavy atom. The highest BCUT2D eigenvalue weighted by atomic mass is 32.2. The van der Waals surface area contributed by atoms with Gasteiger partial charge in [-0.1, -0.05) is 32.9 Å². The van der Waals surface area contributed by atoms with E-state index in [0.29, 0.717) is 12.5 Å². The van der Waals surface area contributed by atoms with Crippen molar-refractivity contribution in [1.82, 2.24) is 14.3 Å². The van der Waals surface area contributed by atoms with Crippen LogP contribution in [0.1, 0.15) is 46.1 Å². The van der Waals surface area contributed by atoms with Crippen molar-refractivity contribution >= 4 is 20.9 Å². The molecule has 29 heavy (non-hydrogen) atoms. The lowest BCUT2D eigenvalue weighted by atomic mass is 9.98. The molecule has 0 aliphatic heterocycles. The van der Waals surface area contributed by atoms with Gasteiger partial charge in [0.15, 0.2) is 0 Å². The first kappa shape index (κ1) is 21.5. The predicted molar refractivity (Wildman–Crippen MR) is 120 cm³/mol. The topological polar surface area (TPSA) is 64.0 Å². The van der Waals surface area contributed by atoms with E-state index in [1.54, 1.807) is 26.2 Å². The standard InChI is InChI=1S/C23H31N3O2S/c1-16(2)14-26-15-22(18(5)13-25-29(27,28)17(3)4)21-7-6-20(12-23(21)26)19-8-10-24-11-9-19/h6-12,15-18,25H,13-14H2,1-5H3. The van der Waals surface area contributed by atoms with E-state index in [1.807, 2.05) is 12.1 Å². The first-order chi connectivity index (χ1) is 13.7. The summed E-state index contributed by atoms with van der Waals surface area (Å²) in [5.74, 6) is 0.587. The van der Waals surface area contributed by atoms with Gasteiger partial charge in [0.1, 0.15) is 0 Å². The molecule has 156 valence electrons. The summed E-state index contributed by atoms with van der Waals surface area (Å²) in [6.07, 6.45) is 5.80. The van der Waals surface area contributed by atoms with Gasteiger partial charge < -0.3 is 4.57 Å². The van der Waals surface area contributed by atoms with Crippen LogP contribution in [0.4, 0.5) is 0 Å². The van der Waals surface area contributed by atoms with E-state index in [-0.39, 0.29) is 5.92 Å². The van der Waals surface area contributed by atoms with Crippen molar-refractivity contribution in [2.45, 2.75) is 52.3 Å². The number of hydrogen-bond acceptors (Lipinski definition) is 3. The first-order valence-corrected chi connectivity index (χ1v) is 11.8. The average Bonchev–Trinajstić information content (AvgIpc) is 3.04. The van der Waals surface area contributed by atoms with Crippen LogP contribution in [-0.2, 0) is 16.6 Å². The Balaban J connectivity index is 1.99. The highest BCUT2D eigenvalue weighted by Gasteiger charge is 2.20. The normalized spacial score (nSPS) is 13.5. The van der Waals surface area contributed by atoms with E-state index in [9.17, 15) is 8.42 Å². The maximum absolute atomic E-state index is 12.2. The fraction of sp³-hybridized carbons (Fsp3) is 0.435. The minimum atomic E-state index is -3.27. The molecule has 0 radical (unpaired) electrons. The van der Waals surface area contributed by atoms with Crippen LogP contribution in [0.15, 0.2) is 48.9 Å². The molecular weight excluding hydrogens is 382 g/mol. The van der Waals surface area contributed by atoms with Gasteiger partial charge in [0.2, 0.25) is 10.0 Å². The fourth-order valence-corrected chi connectivity index (χ4v) is 4.31. The van der Waals surface area contributed by atoms with Crippen molar-refractivity contribution in [1.29, 1.82) is 0 Å². The molecule has 0 aliphatic carbocycles. The summed E-state index contributed by atoms with van der Waals surface area (Å²) in [5.41, 5.74) is 4.65. The maximum Gasteiger partial charge on any atom is 0.213 e. The van der Waals surface area contributed by atoms with Gasteiger partial charge in [-0.15, -0.1) is 0 Å². The number of hydrogen-bond donors (Lipinski definition) is 1. The Hall–Kier alpha value is -2.18. The summed E-state index contributed by atoms with van der Waals surface area (Å²) >= 11 is 0. The van der Waals surface area contributed by atoms with Crippen LogP contribution in [0.25, 0.3) is 22.0 Å². The number of nitrogens with zero attached hydrogens (tertiary/aromatic N) is 2. The second-order valence-corrected chi connectivity index (χ2v) is 10.8. The van der Waals surface area contributed by atoms with Gasteiger partial charge in [-0.3, -0.25) is 4.98 Å². The molecule has 0 amide bonds. The highest BCUT2D eigenvalue weighted by Crippen LogP contribution is 2.32. The summed E-state index contributed by atoms with van der Waals surface area (Å²) in [5, 5.41) is 0.750. The monoisotopic (exact) mass is 413 g/mol. The van der Waals surface area contributed by atoms with Crippen molar-refractivity contribution in [2.75, 3.05) is 6.54 Å². The van der Waals surface area contributed by atoms with Gasteiger partial charge >= 0.3 is 0 Å². The van der Waals surface area contributed by atoms with Crippen LogP contribution in [0.3, 0.4) is 0 Å². The summed E-state index contributed by atoms with van der Waals surface area (Å²) in [7, 11) is -3.27. The molecule has 0 spiro atoms. The summed E-state index contributed by atoms with van der Waals surface area (Å²) < 4.78 is 29.4. The Labute approximate surface area is 174 Å². The Morgan fingerprint density at radius 1 is 1.00 bits per heavy atom. The zero-order valence-electron chi connectivity index (χ0n) is 17.9. The minimum absolute atomic E-state index is 0.0752. The number of rotatable bonds is 8. The minimum Gasteiger partial charge on any atom is -0.347 e. The average molecular weight is 414 g/mol. The zero-order chi connectivity index (χ0) is 21.2. The molecule has 0 bridgehead atoms. The quantitative estimate of drug-likeness (QED) is 0.577. The largest absolute Gasteiger partial charge is 0.347 e. The summed E-state index contributed by atoms with van der Waals surface area (Å²) in [4.78, 5) is 4.11. The molecule has 6 heteroatoms. The molecule has 0 fully saturated rings. The summed E-state index contributed by atoms with van der Waals surface area (Å²) in [6, 6.07) is 10.5. The molecule has 0 saturated carbocycles. The maximum atomic E-state index is 12.2. The van der Waals surface area contributed by atoms with Crippen LogP contribution in [0.2, 0.25) is 0 Å². The second-order valence-electron chi connectivity index (χ2n) is 8.44. The number of fused-ring (bicyclic) bond motifs is 1. The lowest BCUT2D eigenvalue weighted by Crippen LogP contribution is -2.33. The lowest BCUT2D eigenvalue weighted by Gasteiger charge is -2.14. The number of aromatic nitrogens is 2.